The van der Waals surface area contributed by atoms with Gasteiger partial charge in [0.15, 0.2) is 0 Å². The van der Waals surface area contributed by atoms with Crippen LogP contribution in [-0.2, 0) is 67.2 Å². The minimum Gasteiger partial charge on any atom is -0.368 e. The summed E-state index contributed by atoms with van der Waals surface area (Å²) in [5, 5.41) is 26.0. The van der Waals surface area contributed by atoms with Crippen molar-refractivity contribution in [1.82, 2.24) is 52.8 Å². The van der Waals surface area contributed by atoms with Crippen LogP contribution < -0.4 is 82.3 Å². The first kappa shape index (κ1) is 78.1. The van der Waals surface area contributed by atoms with Gasteiger partial charge in [-0.3, -0.25) is 47.9 Å². The molecule has 0 aliphatic heterocycles. The van der Waals surface area contributed by atoms with Crippen LogP contribution in [0.2, 0.25) is 0 Å². The molecule has 518 valence electrons. The summed E-state index contributed by atoms with van der Waals surface area (Å²) in [6.07, 6.45) is 6.77. The first-order chi connectivity index (χ1) is 44.9. The number of hydrogen-bond acceptors (Lipinski definition) is 15. The molecule has 10 atom stereocenters. The van der Waals surface area contributed by atoms with E-state index in [2.05, 4.69) is 52.8 Å². The summed E-state index contributed by atoms with van der Waals surface area (Å²) in [5.74, 6) is -8.75. The van der Waals surface area contributed by atoms with Crippen molar-refractivity contribution in [2.24, 2.45) is 52.2 Å². The van der Waals surface area contributed by atoms with E-state index >= 15 is 9.59 Å². The van der Waals surface area contributed by atoms with Gasteiger partial charge in [0, 0.05) is 36.4 Å². The van der Waals surface area contributed by atoms with Gasteiger partial charge in [-0.25, -0.2) is 0 Å². The first-order valence-electron chi connectivity index (χ1n) is 33.1. The summed E-state index contributed by atoms with van der Waals surface area (Å²) in [7, 11) is 0. The molecule has 4 rings (SSSR count). The van der Waals surface area contributed by atoms with Gasteiger partial charge in [-0.15, -0.1) is 0 Å². The van der Waals surface area contributed by atoms with Crippen molar-refractivity contribution in [1.29, 1.82) is 0 Å². The summed E-state index contributed by atoms with van der Waals surface area (Å²) in [6.45, 7) is 11.7. The molecule has 1 heterocycles. The number of unbranched alkanes of at least 4 members (excludes halogenated alkanes) is 4. The third kappa shape index (κ3) is 26.2. The number of aromatic nitrogens is 1. The predicted octanol–water partition coefficient (Wildman–Crippen LogP) is 0.856. The number of nitrogens with two attached hydrogens (primary N) is 6. The number of rotatable bonds is 44. The number of fused-ring (bicyclic) bond motifs is 1. The molecular weight excluding hydrogens is 1200 g/mol. The Labute approximate surface area is 553 Å². The molecule has 0 radical (unpaired) electrons. The van der Waals surface area contributed by atoms with Crippen LogP contribution in [0.5, 0.6) is 0 Å². The molecule has 26 nitrogen and oxygen atoms in total. The fraction of sp³-hybridized carbons (Fsp3) is 0.559. The maximum atomic E-state index is 15.1. The van der Waals surface area contributed by atoms with E-state index in [1.54, 1.807) is 108 Å². The second-order valence-corrected chi connectivity index (χ2v) is 25.1. The number of carbonyl (C=O) groups is 10. The minimum absolute atomic E-state index is 0.0177. The third-order valence-electron chi connectivity index (χ3n) is 16.4. The van der Waals surface area contributed by atoms with Gasteiger partial charge >= 0.3 is 0 Å². The van der Waals surface area contributed by atoms with E-state index in [0.29, 0.717) is 94.1 Å². The van der Waals surface area contributed by atoms with E-state index in [1.165, 1.54) is 0 Å². The molecule has 94 heavy (non-hydrogen) atoms. The number of H-pyrrole nitrogens is 1. The average molecular weight is 1310 g/mol. The molecule has 0 unspecified atom stereocenters. The highest BCUT2D eigenvalue weighted by Crippen LogP contribution is 2.21. The molecule has 0 spiro atoms. The zero-order valence-electron chi connectivity index (χ0n) is 55.6. The van der Waals surface area contributed by atoms with Crippen molar-refractivity contribution in [3.63, 3.8) is 0 Å². The SMILES string of the molecule is CC(C)[C@H](NC(=O)[C@H](Cc1c[nH]c2ccccc12)NC(=O)[C@H](Cc1ccccc1)NC(=O)[C@@H](NC(=O)[C@@H](NC(=O)[C@H](CCCCN)NC(=O)[C@@H](N)CCCCN)C(C)C)C(C)C)C(=O)N[C@@H](CCCCN)C(=O)N[C@@H](Cc1ccccc1)C(=O)N[C@@H](CCCCN)C(N)=O. The number of nitrogens with one attached hydrogen (secondary N) is 10. The second-order valence-electron chi connectivity index (χ2n) is 25.1. The molecule has 22 N–H and O–H groups in total. The summed E-state index contributed by atoms with van der Waals surface area (Å²) < 4.78 is 0. The van der Waals surface area contributed by atoms with Crippen LogP contribution >= 0.6 is 0 Å². The molecule has 3 aromatic carbocycles. The Bertz CT molecular complexity index is 3040. The zero-order valence-corrected chi connectivity index (χ0v) is 55.6. The van der Waals surface area contributed by atoms with Gasteiger partial charge in [0.2, 0.25) is 59.1 Å². The van der Waals surface area contributed by atoms with E-state index < -0.39 is 137 Å². The lowest BCUT2D eigenvalue weighted by Crippen LogP contribution is -2.62. The van der Waals surface area contributed by atoms with Crippen molar-refractivity contribution < 1.29 is 47.9 Å². The average Bonchev–Trinajstić information content (AvgIpc) is 1.57. The van der Waals surface area contributed by atoms with Gasteiger partial charge in [0.1, 0.15) is 54.4 Å². The molecule has 4 aromatic rings. The maximum absolute atomic E-state index is 15.1. The number of carbonyl (C=O) groups excluding carboxylic acids is 10. The molecule has 26 heteroatoms. The standard InChI is InChI=1S/C68H106N16O10/c1-41(2)56(66(92)78-51(31-17-21-35-71)61(87)79-53(37-44-23-9-7-10-24-44)63(89)76-50(59(74)85)30-16-20-34-70)83-65(91)55(39-46-40-75-49-29-14-13-27-47(46)49)80-64(90)54(38-45-25-11-8-12-26-45)81-67(93)57(42(3)4)84-68(94)58(43(5)6)82-62(88)52(32-18-22-36-72)77-60(86)48(73)28-15-19-33-69/h7-14,23-27,29,40-43,48,50-58,75H,15-22,28,30-39,69-73H2,1-6H3,(H2,74,85)(H,76,89)(H,77,86)(H,78,92)(H,79,87)(H,80,90)(H,81,93)(H,82,88)(H,83,91)(H,84,94)/t48-,50-,51-,52-,53-,54-,55-,56-,57-,58-/m0/s1. The van der Waals surface area contributed by atoms with Gasteiger partial charge in [0.25, 0.3) is 0 Å². The van der Waals surface area contributed by atoms with Gasteiger partial charge in [-0.1, -0.05) is 127 Å². The molecule has 0 bridgehead atoms. The first-order valence-corrected chi connectivity index (χ1v) is 33.1. The van der Waals surface area contributed by atoms with E-state index in [-0.39, 0.29) is 45.1 Å². The Balaban J connectivity index is 1.65. The van der Waals surface area contributed by atoms with Gasteiger partial charge in [-0.2, -0.15) is 0 Å². The van der Waals surface area contributed by atoms with Crippen LogP contribution in [-0.4, -0.2) is 151 Å². The van der Waals surface area contributed by atoms with Crippen LogP contribution in [0.15, 0.2) is 91.1 Å². The molecule has 1 aromatic heterocycles. The van der Waals surface area contributed by atoms with Crippen LogP contribution in [0.25, 0.3) is 10.9 Å². The van der Waals surface area contributed by atoms with Gasteiger partial charge in [-0.05, 0) is 137 Å². The molecule has 0 aliphatic rings. The molecule has 0 aliphatic carbocycles. The summed E-state index contributed by atoms with van der Waals surface area (Å²) in [4.78, 5) is 145. The Morgan fingerprint density at radius 1 is 0.362 bits per heavy atom. The number of hydrogen-bond donors (Lipinski definition) is 16. The smallest absolute Gasteiger partial charge is 0.243 e. The summed E-state index contributed by atoms with van der Waals surface area (Å²) >= 11 is 0. The highest BCUT2D eigenvalue weighted by molar-refractivity contribution is 5.99. The Morgan fingerprint density at radius 3 is 1.12 bits per heavy atom. The molecule has 0 fully saturated rings. The molecule has 10 amide bonds. The third-order valence-corrected chi connectivity index (χ3v) is 16.4. The van der Waals surface area contributed by atoms with Crippen molar-refractivity contribution >= 4 is 70.0 Å². The van der Waals surface area contributed by atoms with E-state index in [9.17, 15) is 38.4 Å². The summed E-state index contributed by atoms with van der Waals surface area (Å²) in [5.41, 5.74) is 37.5. The van der Waals surface area contributed by atoms with E-state index in [4.69, 9.17) is 34.4 Å². The van der Waals surface area contributed by atoms with Gasteiger partial charge < -0.3 is 87.2 Å². The Kier molecular flexibility index (Phi) is 34.4. The van der Waals surface area contributed by atoms with Crippen molar-refractivity contribution in [3.05, 3.63) is 108 Å². The maximum Gasteiger partial charge on any atom is 0.243 e. The molecule has 0 saturated carbocycles. The zero-order chi connectivity index (χ0) is 69.3. The van der Waals surface area contributed by atoms with E-state index in [1.807, 2.05) is 24.3 Å². The molecular formula is C68H106N16O10. The Hall–Kier alpha value is -8.30. The normalized spacial score (nSPS) is 14.6. The lowest BCUT2D eigenvalue weighted by Gasteiger charge is -2.30. The van der Waals surface area contributed by atoms with E-state index in [0.717, 1.165) is 10.9 Å². The van der Waals surface area contributed by atoms with Crippen LogP contribution in [0, 0.1) is 17.8 Å². The number of benzene rings is 3. The lowest BCUT2D eigenvalue weighted by atomic mass is 9.97. The highest BCUT2D eigenvalue weighted by Gasteiger charge is 2.38. The summed E-state index contributed by atoms with van der Waals surface area (Å²) in [6, 6.07) is 13.1. The topological polar surface area (TPSA) is 451 Å². The minimum atomic E-state index is -1.40. The Morgan fingerprint density at radius 2 is 0.681 bits per heavy atom. The number of aromatic amines is 1. The monoisotopic (exact) mass is 1310 g/mol. The fourth-order valence-electron chi connectivity index (χ4n) is 10.8. The quantitative estimate of drug-likeness (QED) is 0.0273. The van der Waals surface area contributed by atoms with Crippen LogP contribution in [0.1, 0.15) is 135 Å². The van der Waals surface area contributed by atoms with Crippen LogP contribution in [0.3, 0.4) is 0 Å². The van der Waals surface area contributed by atoms with Crippen molar-refractivity contribution in [3.8, 4) is 0 Å². The number of para-hydroxylation sites is 1. The number of primary amides is 1. The van der Waals surface area contributed by atoms with Gasteiger partial charge in [0.05, 0.1) is 6.04 Å². The number of amides is 10. The molecule has 0 saturated heterocycles. The fourth-order valence-corrected chi connectivity index (χ4v) is 10.8. The van der Waals surface area contributed by atoms with Crippen LogP contribution in [0.4, 0.5) is 0 Å². The van der Waals surface area contributed by atoms with Crippen molar-refractivity contribution in [2.75, 3.05) is 26.2 Å². The second kappa shape index (κ2) is 41.4. The lowest BCUT2D eigenvalue weighted by molar-refractivity contribution is -0.137. The largest absolute Gasteiger partial charge is 0.368 e. The highest BCUT2D eigenvalue weighted by atomic mass is 16.2. The predicted molar refractivity (Wildman–Crippen MR) is 363 cm³/mol. The van der Waals surface area contributed by atoms with Crippen molar-refractivity contribution in [2.45, 2.75) is 198 Å².